The molecule has 4 nitrogen and oxygen atoms in total. The van der Waals surface area contributed by atoms with Crippen LogP contribution in [0.3, 0.4) is 0 Å². The predicted octanol–water partition coefficient (Wildman–Crippen LogP) is 2.35. The normalized spacial score (nSPS) is 21.9. The molecule has 1 amide bonds. The van der Waals surface area contributed by atoms with Gasteiger partial charge in [0.25, 0.3) is 5.91 Å². The molecule has 0 aliphatic heterocycles. The molecule has 3 rings (SSSR count). The van der Waals surface area contributed by atoms with Crippen LogP contribution in [0, 0.1) is 5.92 Å². The first-order valence-corrected chi connectivity index (χ1v) is 6.59. The van der Waals surface area contributed by atoms with Crippen molar-refractivity contribution in [1.82, 2.24) is 10.3 Å². The second-order valence-electron chi connectivity index (χ2n) is 5.36. The number of rotatable bonds is 2. The van der Waals surface area contributed by atoms with E-state index in [0.717, 1.165) is 23.7 Å². The predicted molar refractivity (Wildman–Crippen MR) is 75.8 cm³/mol. The number of hydrogen-bond acceptors (Lipinski definition) is 3. The Bertz CT molecular complexity index is 632. The standard InChI is InChI=1S/C15H17N3O/c1-9-6-10(7-9)17-15(19)12-8-14(16)18-13-5-3-2-4-11(12)13/h2-5,8-10H,6-7H2,1H3,(H2,16,18)(H,17,19). The number of carbonyl (C=O) groups excluding carboxylic acids is 1. The third-order valence-corrected chi connectivity index (χ3v) is 3.69. The molecule has 1 fully saturated rings. The molecule has 1 aromatic heterocycles. The SMILES string of the molecule is CC1CC(NC(=O)c2cc(N)nc3ccccc23)C1. The molecule has 0 bridgehead atoms. The maximum Gasteiger partial charge on any atom is 0.252 e. The first-order chi connectivity index (χ1) is 9.13. The lowest BCUT2D eigenvalue weighted by Crippen LogP contribution is -2.43. The fraction of sp³-hybridized carbons (Fsp3) is 0.333. The van der Waals surface area contributed by atoms with E-state index in [1.807, 2.05) is 24.3 Å². The molecule has 3 N–H and O–H groups in total. The van der Waals surface area contributed by atoms with E-state index >= 15 is 0 Å². The molecule has 1 aromatic carbocycles. The Hall–Kier alpha value is -2.10. The zero-order valence-electron chi connectivity index (χ0n) is 10.9. The van der Waals surface area contributed by atoms with Crippen LogP contribution in [-0.2, 0) is 0 Å². The highest BCUT2D eigenvalue weighted by Crippen LogP contribution is 2.27. The van der Waals surface area contributed by atoms with Crippen molar-refractivity contribution in [3.63, 3.8) is 0 Å². The molecule has 0 atom stereocenters. The molecule has 98 valence electrons. The summed E-state index contributed by atoms with van der Waals surface area (Å²) in [5.41, 5.74) is 7.14. The Morgan fingerprint density at radius 3 is 2.84 bits per heavy atom. The van der Waals surface area contributed by atoms with Crippen molar-refractivity contribution < 1.29 is 4.79 Å². The number of nitrogen functional groups attached to an aromatic ring is 1. The molecule has 19 heavy (non-hydrogen) atoms. The molecule has 2 aromatic rings. The van der Waals surface area contributed by atoms with Gasteiger partial charge in [-0.05, 0) is 30.9 Å². The van der Waals surface area contributed by atoms with Gasteiger partial charge in [0.1, 0.15) is 5.82 Å². The molecule has 1 aliphatic carbocycles. The summed E-state index contributed by atoms with van der Waals surface area (Å²) in [5, 5.41) is 3.91. The highest BCUT2D eigenvalue weighted by molar-refractivity contribution is 6.07. The van der Waals surface area contributed by atoms with Gasteiger partial charge in [0.2, 0.25) is 0 Å². The van der Waals surface area contributed by atoms with Gasteiger partial charge in [-0.2, -0.15) is 0 Å². The smallest absolute Gasteiger partial charge is 0.252 e. The number of anilines is 1. The summed E-state index contributed by atoms with van der Waals surface area (Å²) in [6.45, 7) is 2.20. The number of nitrogens with zero attached hydrogens (tertiary/aromatic N) is 1. The fourth-order valence-corrected chi connectivity index (χ4v) is 2.67. The van der Waals surface area contributed by atoms with Crippen LogP contribution in [0.2, 0.25) is 0 Å². The number of nitrogens with one attached hydrogen (secondary N) is 1. The Morgan fingerprint density at radius 2 is 2.11 bits per heavy atom. The highest BCUT2D eigenvalue weighted by atomic mass is 16.1. The second-order valence-corrected chi connectivity index (χ2v) is 5.36. The van der Waals surface area contributed by atoms with Crippen molar-refractivity contribution in [3.8, 4) is 0 Å². The van der Waals surface area contributed by atoms with E-state index in [1.54, 1.807) is 6.07 Å². The maximum absolute atomic E-state index is 12.3. The van der Waals surface area contributed by atoms with E-state index in [2.05, 4.69) is 17.2 Å². The van der Waals surface area contributed by atoms with Gasteiger partial charge in [0.05, 0.1) is 11.1 Å². The third-order valence-electron chi connectivity index (χ3n) is 3.69. The number of hydrogen-bond donors (Lipinski definition) is 2. The summed E-state index contributed by atoms with van der Waals surface area (Å²) in [5.74, 6) is 1.04. The fourth-order valence-electron chi connectivity index (χ4n) is 2.67. The van der Waals surface area contributed by atoms with Gasteiger partial charge in [-0.1, -0.05) is 25.1 Å². The minimum absolute atomic E-state index is 0.0535. The van der Waals surface area contributed by atoms with Crippen molar-refractivity contribution in [1.29, 1.82) is 0 Å². The summed E-state index contributed by atoms with van der Waals surface area (Å²) in [6.07, 6.45) is 2.12. The average Bonchev–Trinajstić information content (AvgIpc) is 2.35. The highest BCUT2D eigenvalue weighted by Gasteiger charge is 2.27. The van der Waals surface area contributed by atoms with E-state index in [4.69, 9.17) is 5.73 Å². The lowest BCUT2D eigenvalue weighted by molar-refractivity contribution is 0.0898. The number of fused-ring (bicyclic) bond motifs is 1. The summed E-state index contributed by atoms with van der Waals surface area (Å²) < 4.78 is 0. The van der Waals surface area contributed by atoms with E-state index in [0.29, 0.717) is 23.3 Å². The molecule has 4 heteroatoms. The number of pyridine rings is 1. The number of para-hydroxylation sites is 1. The zero-order valence-corrected chi connectivity index (χ0v) is 10.9. The number of amides is 1. The van der Waals surface area contributed by atoms with E-state index in [-0.39, 0.29) is 5.91 Å². The van der Waals surface area contributed by atoms with Crippen LogP contribution >= 0.6 is 0 Å². The monoisotopic (exact) mass is 255 g/mol. The molecule has 0 saturated heterocycles. The quantitative estimate of drug-likeness (QED) is 0.865. The van der Waals surface area contributed by atoms with Gasteiger partial charge < -0.3 is 11.1 Å². The van der Waals surface area contributed by atoms with Crippen LogP contribution < -0.4 is 11.1 Å². The van der Waals surface area contributed by atoms with Gasteiger partial charge in [-0.25, -0.2) is 4.98 Å². The Balaban J connectivity index is 1.92. The van der Waals surface area contributed by atoms with Crippen LogP contribution in [-0.4, -0.2) is 16.9 Å². The maximum atomic E-state index is 12.3. The van der Waals surface area contributed by atoms with Crippen LogP contribution in [0.15, 0.2) is 30.3 Å². The average molecular weight is 255 g/mol. The van der Waals surface area contributed by atoms with Crippen molar-refractivity contribution in [3.05, 3.63) is 35.9 Å². The Kier molecular flexibility index (Phi) is 2.85. The summed E-state index contributed by atoms with van der Waals surface area (Å²) in [6, 6.07) is 9.52. The van der Waals surface area contributed by atoms with Crippen molar-refractivity contribution >= 4 is 22.6 Å². The van der Waals surface area contributed by atoms with Gasteiger partial charge in [-0.15, -0.1) is 0 Å². The first-order valence-electron chi connectivity index (χ1n) is 6.59. The summed E-state index contributed by atoms with van der Waals surface area (Å²) in [7, 11) is 0. The topological polar surface area (TPSA) is 68.0 Å². The molecule has 0 radical (unpaired) electrons. The van der Waals surface area contributed by atoms with E-state index in [1.165, 1.54) is 0 Å². The molecular formula is C15H17N3O. The Morgan fingerprint density at radius 1 is 1.37 bits per heavy atom. The first kappa shape index (κ1) is 12.0. The summed E-state index contributed by atoms with van der Waals surface area (Å²) in [4.78, 5) is 16.6. The number of nitrogens with two attached hydrogens (primary N) is 1. The lowest BCUT2D eigenvalue weighted by atomic mass is 9.82. The van der Waals surface area contributed by atoms with E-state index in [9.17, 15) is 4.79 Å². The van der Waals surface area contributed by atoms with Crippen LogP contribution in [0.4, 0.5) is 5.82 Å². The van der Waals surface area contributed by atoms with Gasteiger partial charge in [0.15, 0.2) is 0 Å². The largest absolute Gasteiger partial charge is 0.384 e. The molecule has 1 heterocycles. The molecule has 0 unspecified atom stereocenters. The van der Waals surface area contributed by atoms with Crippen molar-refractivity contribution in [2.45, 2.75) is 25.8 Å². The van der Waals surface area contributed by atoms with Crippen LogP contribution in [0.1, 0.15) is 30.1 Å². The number of carbonyl (C=O) groups is 1. The Labute approximate surface area is 112 Å². The molecular weight excluding hydrogens is 238 g/mol. The molecule has 1 aliphatic rings. The van der Waals surface area contributed by atoms with Gasteiger partial charge in [0, 0.05) is 11.4 Å². The zero-order chi connectivity index (χ0) is 13.4. The van der Waals surface area contributed by atoms with Crippen molar-refractivity contribution in [2.24, 2.45) is 5.92 Å². The van der Waals surface area contributed by atoms with Crippen molar-refractivity contribution in [2.75, 3.05) is 5.73 Å². The lowest BCUT2D eigenvalue weighted by Gasteiger charge is -2.33. The molecule has 1 saturated carbocycles. The van der Waals surface area contributed by atoms with Crippen LogP contribution in [0.5, 0.6) is 0 Å². The summed E-state index contributed by atoms with van der Waals surface area (Å²) >= 11 is 0. The minimum atomic E-state index is -0.0535. The van der Waals surface area contributed by atoms with Gasteiger partial charge in [-0.3, -0.25) is 4.79 Å². The van der Waals surface area contributed by atoms with Crippen LogP contribution in [0.25, 0.3) is 10.9 Å². The number of aromatic nitrogens is 1. The third kappa shape index (κ3) is 2.26. The minimum Gasteiger partial charge on any atom is -0.384 e. The number of benzene rings is 1. The van der Waals surface area contributed by atoms with E-state index < -0.39 is 0 Å². The van der Waals surface area contributed by atoms with Gasteiger partial charge >= 0.3 is 0 Å². The second kappa shape index (κ2) is 4.53. The molecule has 0 spiro atoms.